The van der Waals surface area contributed by atoms with Gasteiger partial charge in [-0.3, -0.25) is 28.9 Å². The summed E-state index contributed by atoms with van der Waals surface area (Å²) < 4.78 is 3.48. The molecule has 0 aliphatic carbocycles. The number of nitrogens with two attached hydrogens (primary N) is 2. The van der Waals surface area contributed by atoms with Crippen molar-refractivity contribution in [3.63, 3.8) is 0 Å². The number of nitrogens with one attached hydrogen (secondary N) is 4. The van der Waals surface area contributed by atoms with E-state index < -0.39 is 23.3 Å². The Bertz CT molecular complexity index is 3390. The zero-order valence-electron chi connectivity index (χ0n) is 42.4. The Labute approximate surface area is 425 Å². The van der Waals surface area contributed by atoms with E-state index in [0.29, 0.717) is 70.8 Å². The number of hydrogen-bond donors (Lipinski definition) is 8. The molecule has 0 unspecified atom stereocenters. The number of nitrogens with zero attached hydrogens (tertiary/aromatic N) is 12. The van der Waals surface area contributed by atoms with Crippen LogP contribution in [0.25, 0.3) is 44.1 Å². The maximum Gasteiger partial charge on any atom is 0.244 e. The van der Waals surface area contributed by atoms with Gasteiger partial charge in [-0.05, 0) is 87.7 Å². The summed E-state index contributed by atoms with van der Waals surface area (Å²) in [6.45, 7) is 13.5. The number of amides is 2. The van der Waals surface area contributed by atoms with Crippen molar-refractivity contribution in [1.29, 1.82) is 0 Å². The first kappa shape index (κ1) is 47.8. The first-order valence-corrected chi connectivity index (χ1v) is 24.4. The highest BCUT2D eigenvalue weighted by Crippen LogP contribution is 2.45. The van der Waals surface area contributed by atoms with Crippen LogP contribution in [0.4, 0.5) is 46.3 Å². The highest BCUT2D eigenvalue weighted by molar-refractivity contribution is 5.96. The molecule has 12 heterocycles. The molecule has 0 saturated heterocycles. The summed E-state index contributed by atoms with van der Waals surface area (Å²) in [7, 11) is 3.62. The normalized spacial score (nSPS) is 18.4. The monoisotopic (exact) mass is 998 g/mol. The van der Waals surface area contributed by atoms with Gasteiger partial charge in [-0.15, -0.1) is 0 Å². The number of nitrogen functional groups attached to an aromatic ring is 2. The molecule has 0 fully saturated rings. The van der Waals surface area contributed by atoms with E-state index in [1.807, 2.05) is 92.0 Å². The van der Waals surface area contributed by atoms with Crippen molar-refractivity contribution in [3.05, 3.63) is 95.1 Å². The average molecular weight is 999 g/mol. The Morgan fingerprint density at radius 3 is 1.41 bits per heavy atom. The van der Waals surface area contributed by atoms with E-state index in [1.165, 1.54) is 0 Å². The highest BCUT2D eigenvalue weighted by Gasteiger charge is 2.41. The average Bonchev–Trinajstić information content (AvgIpc) is 4.01. The Morgan fingerprint density at radius 1 is 0.595 bits per heavy atom. The summed E-state index contributed by atoms with van der Waals surface area (Å²) in [4.78, 5) is 55.2. The van der Waals surface area contributed by atoms with Gasteiger partial charge in [0.1, 0.15) is 48.6 Å². The molecule has 380 valence electrons. The van der Waals surface area contributed by atoms with E-state index in [0.717, 1.165) is 79.4 Å². The smallest absolute Gasteiger partial charge is 0.244 e. The predicted octanol–water partition coefficient (Wildman–Crippen LogP) is 5.55. The molecule has 4 aliphatic heterocycles. The number of hydrogen-bond acceptors (Lipinski definition) is 18. The third-order valence-electron chi connectivity index (χ3n) is 14.6. The van der Waals surface area contributed by atoms with Gasteiger partial charge in [0, 0.05) is 110 Å². The third kappa shape index (κ3) is 8.43. The molecular formula is C52H58N18O4. The van der Waals surface area contributed by atoms with E-state index in [-0.39, 0.29) is 24.9 Å². The van der Waals surface area contributed by atoms with Crippen molar-refractivity contribution in [2.45, 2.75) is 90.8 Å². The number of carbonyl (C=O) groups excluding carboxylic acids is 2. The molecule has 0 radical (unpaired) electrons. The quantitative estimate of drug-likeness (QED) is 0.101. The van der Waals surface area contributed by atoms with Crippen LogP contribution in [0.3, 0.4) is 0 Å². The lowest BCUT2D eigenvalue weighted by atomic mass is 9.98. The first-order chi connectivity index (χ1) is 35.2. The zero-order chi connectivity index (χ0) is 52.1. The molecular weight excluding hydrogens is 941 g/mol. The van der Waals surface area contributed by atoms with Crippen LogP contribution in [0.1, 0.15) is 73.8 Å². The van der Waals surface area contributed by atoms with Gasteiger partial charge in [0.05, 0.1) is 45.2 Å². The van der Waals surface area contributed by atoms with Crippen LogP contribution < -0.4 is 32.7 Å². The Morgan fingerprint density at radius 2 is 1.00 bits per heavy atom. The molecule has 74 heavy (non-hydrogen) atoms. The van der Waals surface area contributed by atoms with E-state index in [2.05, 4.69) is 61.4 Å². The molecule has 0 bridgehead atoms. The molecule has 8 aromatic heterocycles. The largest absolute Gasteiger partial charge is 0.384 e. The number of anilines is 8. The number of fused-ring (bicyclic) bond motifs is 6. The minimum atomic E-state index is -0.693. The summed E-state index contributed by atoms with van der Waals surface area (Å²) in [5.41, 5.74) is 21.5. The van der Waals surface area contributed by atoms with Gasteiger partial charge >= 0.3 is 0 Å². The molecule has 0 aromatic carbocycles. The van der Waals surface area contributed by atoms with E-state index in [9.17, 15) is 19.8 Å². The summed E-state index contributed by atoms with van der Waals surface area (Å²) in [6.07, 6.45) is 6.96. The lowest BCUT2D eigenvalue weighted by molar-refractivity contribution is -0.131. The Kier molecular flexibility index (Phi) is 11.4. The fourth-order valence-corrected chi connectivity index (χ4v) is 10.00. The Balaban J connectivity index is 0.000000159. The van der Waals surface area contributed by atoms with Crippen molar-refractivity contribution in [2.24, 2.45) is 0 Å². The molecule has 2 amide bonds. The van der Waals surface area contributed by atoms with Crippen LogP contribution in [-0.4, -0.2) is 120 Å². The van der Waals surface area contributed by atoms with Gasteiger partial charge in [-0.2, -0.15) is 10.2 Å². The van der Waals surface area contributed by atoms with Gasteiger partial charge in [0.2, 0.25) is 11.8 Å². The molecule has 4 aliphatic rings. The van der Waals surface area contributed by atoms with Gasteiger partial charge in [0.25, 0.3) is 0 Å². The molecule has 22 nitrogen and oxygen atoms in total. The third-order valence-corrected chi connectivity index (χ3v) is 14.6. The lowest BCUT2D eigenvalue weighted by Crippen LogP contribution is -2.32. The topological polar surface area (TPSA) is 294 Å². The second-order valence-electron chi connectivity index (χ2n) is 20.7. The summed E-state index contributed by atoms with van der Waals surface area (Å²) in [5.74, 6) is 3.30. The minimum absolute atomic E-state index is 0.0392. The van der Waals surface area contributed by atoms with Crippen LogP contribution in [0.2, 0.25) is 0 Å². The predicted molar refractivity (Wildman–Crippen MR) is 283 cm³/mol. The second-order valence-corrected chi connectivity index (χ2v) is 20.7. The molecule has 2 atom stereocenters. The van der Waals surface area contributed by atoms with Crippen LogP contribution in [0.15, 0.2) is 61.2 Å². The number of carbonyl (C=O) groups is 2. The van der Waals surface area contributed by atoms with Gasteiger partial charge in [0.15, 0.2) is 11.6 Å². The summed E-state index contributed by atoms with van der Waals surface area (Å²) in [5, 5.41) is 46.9. The molecule has 0 saturated carbocycles. The highest BCUT2D eigenvalue weighted by atomic mass is 16.3. The van der Waals surface area contributed by atoms with E-state index in [1.54, 1.807) is 44.0 Å². The van der Waals surface area contributed by atoms with Crippen LogP contribution in [0, 0.1) is 13.8 Å². The summed E-state index contributed by atoms with van der Waals surface area (Å²) >= 11 is 0. The maximum atomic E-state index is 12.2. The van der Waals surface area contributed by atoms with Crippen LogP contribution in [-0.2, 0) is 35.5 Å². The lowest BCUT2D eigenvalue weighted by Gasteiger charge is -2.22. The van der Waals surface area contributed by atoms with Crippen molar-refractivity contribution in [3.8, 4) is 22.5 Å². The molecule has 0 spiro atoms. The van der Waals surface area contributed by atoms with E-state index >= 15 is 0 Å². The number of rotatable bonds is 6. The van der Waals surface area contributed by atoms with E-state index in [4.69, 9.17) is 11.5 Å². The first-order valence-electron chi connectivity index (χ1n) is 24.4. The number of likely N-dealkylation sites (N-methyl/N-ethyl adjacent to an activating group) is 2. The fourth-order valence-electron chi connectivity index (χ4n) is 10.00. The van der Waals surface area contributed by atoms with Crippen molar-refractivity contribution in [1.82, 2.24) is 59.3 Å². The van der Waals surface area contributed by atoms with Crippen molar-refractivity contribution < 1.29 is 19.8 Å². The SMILES string of the molecule is Cc1c(-c2cc3cc(Nc4cc5n(n4)CC(=O)N(C)CC5)ncc3c(N)n2)cnc2c1NC(C)(C)[C@@H]2O.Cc1c(-c2cc3cc(Nc4cc5n(n4)CC(=O)N(C)CC5)ncc3c(N)n2)cnc2c1NC(C)(C)[C@H]2O. The number of aromatic nitrogens is 10. The number of pyridine rings is 6. The summed E-state index contributed by atoms with van der Waals surface area (Å²) in [6, 6.07) is 11.6. The van der Waals surface area contributed by atoms with Crippen LogP contribution in [0.5, 0.6) is 0 Å². The molecule has 22 heteroatoms. The van der Waals surface area contributed by atoms with Gasteiger partial charge < -0.3 is 52.7 Å². The molecule has 10 N–H and O–H groups in total. The standard InChI is InChI=1S/2C26H29N9O2/c2*1-13-16(10-29-23-22(13)32-26(2,3)24(23)37)18-7-14-8-19(28-11-17(14)25(27)30-18)31-20-9-15-5-6-34(4)21(36)12-35(15)33-20/h2*7-11,24,32,37H,5-6,12H2,1-4H3,(H2,27,30)(H,28,31,33)/t2*24-/m10/s1. The second kappa shape index (κ2) is 17.6. The fraction of sp³-hybridized carbons (Fsp3) is 0.346. The van der Waals surface area contributed by atoms with Gasteiger partial charge in [-0.1, -0.05) is 0 Å². The number of aliphatic hydroxyl groups is 2. The van der Waals surface area contributed by atoms with Crippen molar-refractivity contribution in [2.75, 3.05) is 59.9 Å². The Hall–Kier alpha value is -8.50. The van der Waals surface area contributed by atoms with Crippen LogP contribution >= 0.6 is 0 Å². The maximum absolute atomic E-state index is 12.2. The minimum Gasteiger partial charge on any atom is -0.384 e. The van der Waals surface area contributed by atoms with Crippen molar-refractivity contribution >= 4 is 79.6 Å². The van der Waals surface area contributed by atoms with Gasteiger partial charge in [-0.25, -0.2) is 19.9 Å². The molecule has 8 aromatic rings. The number of aliphatic hydroxyl groups excluding tert-OH is 2. The zero-order valence-corrected chi connectivity index (χ0v) is 42.4. The molecule has 12 rings (SSSR count).